The number of aliphatic hydroxyl groups is 1. The molecule has 2 saturated heterocycles. The van der Waals surface area contributed by atoms with E-state index in [1.807, 2.05) is 76.5 Å². The Morgan fingerprint density at radius 1 is 0.869 bits per heavy atom. The van der Waals surface area contributed by atoms with Gasteiger partial charge >= 0.3 is 0 Å². The van der Waals surface area contributed by atoms with E-state index in [9.17, 15) is 33.9 Å². The fraction of sp³-hybridized carbons (Fsp3) is 0.525. The van der Waals surface area contributed by atoms with Gasteiger partial charge in [0.2, 0.25) is 29.6 Å². The zero-order chi connectivity index (χ0) is 59.5. The van der Waals surface area contributed by atoms with Crippen molar-refractivity contribution in [2.75, 3.05) is 75.9 Å². The van der Waals surface area contributed by atoms with Gasteiger partial charge in [-0.25, -0.2) is 19.6 Å². The Morgan fingerprint density at radius 3 is 2.30 bits per heavy atom. The van der Waals surface area contributed by atoms with Gasteiger partial charge in [0.1, 0.15) is 23.5 Å². The van der Waals surface area contributed by atoms with Crippen LogP contribution in [0.3, 0.4) is 0 Å². The first kappa shape index (κ1) is 61.0. The number of rotatable bonds is 25. The highest BCUT2D eigenvalue weighted by atomic mass is 32.1. The maximum Gasteiger partial charge on any atom is 0.263 e. The first-order valence-electron chi connectivity index (χ1n) is 28.9. The first-order valence-corrected chi connectivity index (χ1v) is 29.8. The number of Topliss-reactive ketones (excluding diaryl/α,β-unsaturated/α-hetero) is 1. The van der Waals surface area contributed by atoms with Crippen molar-refractivity contribution >= 4 is 69.2 Å². The largest absolute Gasteiger partial charge is 0.391 e. The van der Waals surface area contributed by atoms with Gasteiger partial charge in [0.15, 0.2) is 5.78 Å². The minimum Gasteiger partial charge on any atom is -0.391 e. The van der Waals surface area contributed by atoms with E-state index in [1.165, 1.54) is 11.8 Å². The molecular weight excluding hydrogens is 1090 g/mol. The predicted molar refractivity (Wildman–Crippen MR) is 317 cm³/mol. The van der Waals surface area contributed by atoms with Crippen LogP contribution in [0.2, 0.25) is 0 Å². The number of aliphatic hydroxyl groups excluding tert-OH is 1. The van der Waals surface area contributed by atoms with Crippen LogP contribution in [0.5, 0.6) is 0 Å². The Balaban J connectivity index is 0.620. The number of β-amino-alcohol motifs (C(OH)–C–C–N with tert-alkyl or cyclic N) is 1. The lowest BCUT2D eigenvalue weighted by molar-refractivity contribution is -0.144. The summed E-state index contributed by atoms with van der Waals surface area (Å²) in [5, 5.41) is 31.6. The average molecular weight is 1170 g/mol. The maximum absolute atomic E-state index is 14.0. The first-order chi connectivity index (χ1) is 40.4. The summed E-state index contributed by atoms with van der Waals surface area (Å²) in [5.74, 6) is -1.05. The van der Waals surface area contributed by atoms with E-state index >= 15 is 0 Å². The zero-order valence-corrected chi connectivity index (χ0v) is 49.6. The molecular formula is C59H77N15O9S. The number of anilines is 3. The van der Waals surface area contributed by atoms with Crippen LogP contribution in [0.25, 0.3) is 21.5 Å². The Bertz CT molecular complexity index is 3330. The maximum atomic E-state index is 14.0. The molecule has 2 aliphatic heterocycles. The van der Waals surface area contributed by atoms with Crippen LogP contribution in [-0.2, 0) is 48.3 Å². The van der Waals surface area contributed by atoms with E-state index in [4.69, 9.17) is 14.5 Å². The molecule has 6 aromatic rings. The normalized spacial score (nSPS) is 17.2. The van der Waals surface area contributed by atoms with Crippen molar-refractivity contribution in [2.45, 2.75) is 130 Å². The van der Waals surface area contributed by atoms with E-state index in [1.54, 1.807) is 39.2 Å². The van der Waals surface area contributed by atoms with Gasteiger partial charge in [-0.3, -0.25) is 38.2 Å². The van der Waals surface area contributed by atoms with Crippen LogP contribution in [0, 0.1) is 19.3 Å². The number of piperazine rings is 1. The molecule has 9 rings (SSSR count). The molecule has 25 heteroatoms. The lowest BCUT2D eigenvalue weighted by atomic mass is 9.85. The zero-order valence-electron chi connectivity index (χ0n) is 48.8. The lowest BCUT2D eigenvalue weighted by Crippen LogP contribution is -2.57. The molecule has 0 radical (unpaired) electrons. The number of carbonyl (C=O) groups excluding carboxylic acids is 5. The molecule has 3 unspecified atom stereocenters. The van der Waals surface area contributed by atoms with Gasteiger partial charge in [-0.2, -0.15) is 4.98 Å². The second-order valence-electron chi connectivity index (χ2n) is 22.9. The number of ether oxygens (including phenoxy) is 2. The van der Waals surface area contributed by atoms with E-state index in [-0.39, 0.29) is 74.4 Å². The minimum absolute atomic E-state index is 0.00758. The highest BCUT2D eigenvalue weighted by Crippen LogP contribution is 2.33. The van der Waals surface area contributed by atoms with Gasteiger partial charge in [0.25, 0.3) is 5.56 Å². The monoisotopic (exact) mass is 1170 g/mol. The molecule has 0 spiro atoms. The van der Waals surface area contributed by atoms with Gasteiger partial charge in [0, 0.05) is 95.4 Å². The van der Waals surface area contributed by atoms with Crippen molar-refractivity contribution in [3.63, 3.8) is 0 Å². The standard InChI is InChI=1S/C59H77N15O9S/c1-37-46-32-63-58(67-54(46)74(43-9-7-8-10-43)56(80)51(37)39(3)75)65-48-16-15-44(31-61-48)71-22-20-70(21-23-71)33-42-34-72(69-68-42)24-26-83-28-27-82-25-19-60-49(77)17-18-50(78)66-53(59(4,5)6)57(81)73-35-45(76)29-47(73)55(79)62-30-40-11-13-41(14-12-40)52-38(2)64-36-84-52/h11-16,31-32,34,36,43,45,47,53,76H,7-10,17-30,33,35H2,1-6H3,(H,60,77)(H,62,79)(H,66,78)(H,61,63,65,67). The lowest BCUT2D eigenvalue weighted by Gasteiger charge is -2.35. The fourth-order valence-electron chi connectivity index (χ4n) is 11.1. The quantitative estimate of drug-likeness (QED) is 0.0385. The van der Waals surface area contributed by atoms with Gasteiger partial charge in [0.05, 0.1) is 78.3 Å². The van der Waals surface area contributed by atoms with Gasteiger partial charge in [-0.05, 0) is 67.9 Å². The summed E-state index contributed by atoms with van der Waals surface area (Å²) in [6.45, 7) is 16.8. The number of likely N-dealkylation sites (tertiary alicyclic amines) is 1. The number of thiazole rings is 1. The second-order valence-corrected chi connectivity index (χ2v) is 23.7. The van der Waals surface area contributed by atoms with Crippen molar-refractivity contribution in [1.29, 1.82) is 0 Å². The Hall–Kier alpha value is -7.58. The number of benzene rings is 1. The summed E-state index contributed by atoms with van der Waals surface area (Å²) in [4.78, 5) is 105. The summed E-state index contributed by atoms with van der Waals surface area (Å²) >= 11 is 1.56. The van der Waals surface area contributed by atoms with Crippen LogP contribution in [0.1, 0.15) is 112 Å². The number of nitrogens with one attached hydrogen (secondary N) is 4. The summed E-state index contributed by atoms with van der Waals surface area (Å²) in [5.41, 5.74) is 6.85. The molecule has 84 heavy (non-hydrogen) atoms. The number of hydrogen-bond donors (Lipinski definition) is 5. The number of aryl methyl sites for hydroxylation is 2. The number of ketones is 1. The Kier molecular flexibility index (Phi) is 20.2. The van der Waals surface area contributed by atoms with E-state index in [0.29, 0.717) is 61.3 Å². The molecule has 24 nitrogen and oxygen atoms in total. The molecule has 3 aliphatic rings. The van der Waals surface area contributed by atoms with Crippen molar-refractivity contribution < 1.29 is 38.6 Å². The third kappa shape index (κ3) is 15.4. The number of pyridine rings is 2. The average Bonchev–Trinajstić information content (AvgIpc) is 2.96. The Morgan fingerprint density at radius 2 is 1.61 bits per heavy atom. The Labute approximate surface area is 492 Å². The number of amides is 4. The van der Waals surface area contributed by atoms with E-state index in [0.717, 1.165) is 84.9 Å². The van der Waals surface area contributed by atoms with Crippen LogP contribution in [0.4, 0.5) is 17.5 Å². The van der Waals surface area contributed by atoms with Crippen molar-refractivity contribution in [3.8, 4) is 10.4 Å². The number of carbonyl (C=O) groups is 5. The molecule has 5 N–H and O–H groups in total. The topological polar surface area (TPSA) is 286 Å². The molecule has 448 valence electrons. The highest BCUT2D eigenvalue weighted by Gasteiger charge is 2.44. The third-order valence-electron chi connectivity index (χ3n) is 15.6. The third-order valence-corrected chi connectivity index (χ3v) is 16.6. The second kappa shape index (κ2) is 27.9. The van der Waals surface area contributed by atoms with Gasteiger partial charge in [-0.1, -0.05) is 63.1 Å². The van der Waals surface area contributed by atoms with Crippen LogP contribution in [-0.4, -0.2) is 168 Å². The van der Waals surface area contributed by atoms with Crippen LogP contribution < -0.4 is 31.7 Å². The highest BCUT2D eigenvalue weighted by molar-refractivity contribution is 7.13. The molecule has 0 bridgehead atoms. The summed E-state index contributed by atoms with van der Waals surface area (Å²) in [6.07, 6.45) is 8.16. The summed E-state index contributed by atoms with van der Waals surface area (Å²) < 4.78 is 14.8. The molecule has 7 heterocycles. The number of aromatic nitrogens is 8. The van der Waals surface area contributed by atoms with Crippen LogP contribution >= 0.6 is 11.3 Å². The molecule has 3 atom stereocenters. The van der Waals surface area contributed by atoms with Gasteiger partial charge < -0.3 is 45.6 Å². The minimum atomic E-state index is -1.01. The van der Waals surface area contributed by atoms with Crippen molar-refractivity contribution in [3.05, 3.63) is 98.9 Å². The smallest absolute Gasteiger partial charge is 0.263 e. The fourth-order valence-corrected chi connectivity index (χ4v) is 11.9. The molecule has 1 aromatic carbocycles. The summed E-state index contributed by atoms with van der Waals surface area (Å²) in [6, 6.07) is 9.81. The molecule has 5 aromatic heterocycles. The number of hydrogen-bond acceptors (Lipinski definition) is 19. The molecule has 4 amide bonds. The predicted octanol–water partition coefficient (Wildman–Crippen LogP) is 4.64. The number of nitrogens with zero attached hydrogens (tertiary/aromatic N) is 11. The van der Waals surface area contributed by atoms with Crippen molar-refractivity contribution in [2.24, 2.45) is 5.41 Å². The summed E-state index contributed by atoms with van der Waals surface area (Å²) in [7, 11) is 0. The van der Waals surface area contributed by atoms with E-state index in [2.05, 4.69) is 56.3 Å². The van der Waals surface area contributed by atoms with Crippen LogP contribution in [0.15, 0.2) is 65.3 Å². The molecule has 1 saturated carbocycles. The number of fused-ring (bicyclic) bond motifs is 1. The van der Waals surface area contributed by atoms with Gasteiger partial charge in [-0.15, -0.1) is 16.4 Å². The molecule has 3 fully saturated rings. The van der Waals surface area contributed by atoms with E-state index < -0.39 is 41.3 Å². The van der Waals surface area contributed by atoms with Crippen molar-refractivity contribution in [1.82, 2.24) is 65.2 Å². The SMILES string of the molecule is CC(=O)c1c(C)c2cnc(Nc3ccc(N4CCN(Cc5cn(CCOCCOCCNC(=O)CCC(=O)NC(C(=O)N6CC(O)CC6C(=O)NCc6ccc(-c7scnc7C)cc6)C(C)(C)C)nn5)CC4)cn3)nc2n(C2CCCC2)c1=O. The molecule has 1 aliphatic carbocycles.